The third kappa shape index (κ3) is 4.57. The van der Waals surface area contributed by atoms with Gasteiger partial charge in [-0.15, -0.1) is 0 Å². The molecular weight excluding hydrogens is 258 g/mol. The minimum absolute atomic E-state index is 0.104. The van der Waals surface area contributed by atoms with Gasteiger partial charge in [-0.3, -0.25) is 4.98 Å². The van der Waals surface area contributed by atoms with E-state index < -0.39 is 0 Å². The van der Waals surface area contributed by atoms with E-state index in [-0.39, 0.29) is 5.41 Å². The van der Waals surface area contributed by atoms with Gasteiger partial charge in [0.15, 0.2) is 0 Å². The van der Waals surface area contributed by atoms with E-state index in [9.17, 15) is 0 Å². The highest BCUT2D eigenvalue weighted by Gasteiger charge is 2.22. The highest BCUT2D eigenvalue weighted by Crippen LogP contribution is 2.24. The molecule has 3 heteroatoms. The molecule has 2 aromatic rings. The van der Waals surface area contributed by atoms with Gasteiger partial charge in [-0.1, -0.05) is 32.0 Å². The molecule has 1 aromatic carbocycles. The zero-order valence-electron chi connectivity index (χ0n) is 13.2. The van der Waals surface area contributed by atoms with Crippen LogP contribution in [0, 0.1) is 0 Å². The van der Waals surface area contributed by atoms with E-state index in [0.717, 1.165) is 30.9 Å². The van der Waals surface area contributed by atoms with Crippen molar-refractivity contribution in [2.24, 2.45) is 0 Å². The Morgan fingerprint density at radius 1 is 1.10 bits per heavy atom. The Morgan fingerprint density at radius 3 is 2.43 bits per heavy atom. The van der Waals surface area contributed by atoms with Crippen LogP contribution in [0.3, 0.4) is 0 Å². The molecule has 0 saturated heterocycles. The summed E-state index contributed by atoms with van der Waals surface area (Å²) in [7, 11) is 2.17. The first-order chi connectivity index (χ1) is 9.97. The van der Waals surface area contributed by atoms with Crippen molar-refractivity contribution in [3.8, 4) is 0 Å². The Balaban J connectivity index is 1.91. The van der Waals surface area contributed by atoms with Gasteiger partial charge in [0.2, 0.25) is 0 Å². The number of likely N-dealkylation sites (N-methyl/N-ethyl adjacent to an activating group) is 1. The largest absolute Gasteiger partial charge is 0.399 e. The number of pyridine rings is 1. The average Bonchev–Trinajstić information content (AvgIpc) is 2.46. The SMILES string of the molecule is CN(CCc1ccccn1)CC(C)(C)c1ccc(N)cc1. The monoisotopic (exact) mass is 283 g/mol. The fourth-order valence-electron chi connectivity index (χ4n) is 2.63. The molecule has 0 unspecified atom stereocenters. The number of hydrogen-bond acceptors (Lipinski definition) is 3. The number of aromatic nitrogens is 1. The molecule has 112 valence electrons. The average molecular weight is 283 g/mol. The second kappa shape index (κ2) is 6.72. The van der Waals surface area contributed by atoms with Crippen molar-refractivity contribution in [1.29, 1.82) is 0 Å². The van der Waals surface area contributed by atoms with Crippen molar-refractivity contribution in [3.63, 3.8) is 0 Å². The lowest BCUT2D eigenvalue weighted by Gasteiger charge is -2.31. The Morgan fingerprint density at radius 2 is 1.81 bits per heavy atom. The molecule has 0 radical (unpaired) electrons. The lowest BCUT2D eigenvalue weighted by atomic mass is 9.84. The zero-order chi connectivity index (χ0) is 15.3. The molecule has 0 aliphatic carbocycles. The Bertz CT molecular complexity index is 546. The minimum Gasteiger partial charge on any atom is -0.399 e. The highest BCUT2D eigenvalue weighted by molar-refractivity contribution is 5.41. The van der Waals surface area contributed by atoms with Crippen molar-refractivity contribution in [2.75, 3.05) is 25.9 Å². The predicted molar refractivity (Wildman–Crippen MR) is 89.3 cm³/mol. The standard InChI is InChI=1S/C18H25N3/c1-18(2,15-7-9-16(19)10-8-15)14-21(3)13-11-17-6-4-5-12-20-17/h4-10,12H,11,13-14,19H2,1-3H3. The Labute approximate surface area is 127 Å². The molecule has 0 fully saturated rings. The summed E-state index contributed by atoms with van der Waals surface area (Å²) in [5.74, 6) is 0. The third-order valence-electron chi connectivity index (χ3n) is 3.83. The van der Waals surface area contributed by atoms with Crippen LogP contribution in [0.2, 0.25) is 0 Å². The molecule has 0 amide bonds. The van der Waals surface area contributed by atoms with E-state index in [0.29, 0.717) is 0 Å². The van der Waals surface area contributed by atoms with Gasteiger partial charge in [-0.25, -0.2) is 0 Å². The number of benzene rings is 1. The third-order valence-corrected chi connectivity index (χ3v) is 3.83. The van der Waals surface area contributed by atoms with E-state index in [2.05, 4.69) is 49.0 Å². The molecule has 21 heavy (non-hydrogen) atoms. The normalized spacial score (nSPS) is 11.8. The summed E-state index contributed by atoms with van der Waals surface area (Å²) in [6, 6.07) is 14.3. The van der Waals surface area contributed by atoms with Gasteiger partial charge in [-0.05, 0) is 36.9 Å². The Kier molecular flexibility index (Phi) is 4.97. The molecular formula is C18H25N3. The van der Waals surface area contributed by atoms with Crippen LogP contribution in [0.4, 0.5) is 5.69 Å². The van der Waals surface area contributed by atoms with Crippen molar-refractivity contribution in [1.82, 2.24) is 9.88 Å². The summed E-state index contributed by atoms with van der Waals surface area (Å²) < 4.78 is 0. The molecule has 1 aromatic heterocycles. The smallest absolute Gasteiger partial charge is 0.0416 e. The van der Waals surface area contributed by atoms with Crippen molar-refractivity contribution in [3.05, 3.63) is 59.9 Å². The molecule has 2 rings (SSSR count). The van der Waals surface area contributed by atoms with Crippen LogP contribution in [-0.4, -0.2) is 30.0 Å². The number of hydrogen-bond donors (Lipinski definition) is 1. The number of rotatable bonds is 6. The molecule has 0 aliphatic rings. The van der Waals surface area contributed by atoms with E-state index in [4.69, 9.17) is 5.73 Å². The summed E-state index contributed by atoms with van der Waals surface area (Å²) in [6.07, 6.45) is 2.84. The van der Waals surface area contributed by atoms with Crippen LogP contribution in [0.15, 0.2) is 48.7 Å². The van der Waals surface area contributed by atoms with Gasteiger partial charge in [0.1, 0.15) is 0 Å². The van der Waals surface area contributed by atoms with Crippen LogP contribution < -0.4 is 5.73 Å². The fourth-order valence-corrected chi connectivity index (χ4v) is 2.63. The molecule has 0 atom stereocenters. The first kappa shape index (κ1) is 15.5. The van der Waals surface area contributed by atoms with Crippen LogP contribution >= 0.6 is 0 Å². The predicted octanol–water partition coefficient (Wildman–Crippen LogP) is 3.12. The highest BCUT2D eigenvalue weighted by atomic mass is 15.1. The van der Waals surface area contributed by atoms with E-state index in [1.54, 1.807) is 0 Å². The van der Waals surface area contributed by atoms with Crippen molar-refractivity contribution < 1.29 is 0 Å². The van der Waals surface area contributed by atoms with Crippen LogP contribution in [0.5, 0.6) is 0 Å². The van der Waals surface area contributed by atoms with E-state index in [1.165, 1.54) is 5.56 Å². The molecule has 1 heterocycles. The fraction of sp³-hybridized carbons (Fsp3) is 0.389. The van der Waals surface area contributed by atoms with Crippen LogP contribution in [0.1, 0.15) is 25.1 Å². The van der Waals surface area contributed by atoms with E-state index in [1.807, 2.05) is 30.5 Å². The van der Waals surface area contributed by atoms with Gasteiger partial charge >= 0.3 is 0 Å². The number of nitrogens with zero attached hydrogens (tertiary/aromatic N) is 2. The molecule has 0 aliphatic heterocycles. The van der Waals surface area contributed by atoms with Crippen LogP contribution in [-0.2, 0) is 11.8 Å². The van der Waals surface area contributed by atoms with Crippen molar-refractivity contribution in [2.45, 2.75) is 25.7 Å². The van der Waals surface area contributed by atoms with Gasteiger partial charge < -0.3 is 10.6 Å². The topological polar surface area (TPSA) is 42.2 Å². The molecule has 2 N–H and O–H groups in total. The summed E-state index contributed by atoms with van der Waals surface area (Å²) in [4.78, 5) is 6.74. The maximum atomic E-state index is 5.77. The minimum atomic E-state index is 0.104. The van der Waals surface area contributed by atoms with Crippen molar-refractivity contribution >= 4 is 5.69 Å². The number of nitrogen functional groups attached to an aromatic ring is 1. The summed E-state index contributed by atoms with van der Waals surface area (Å²) in [5.41, 5.74) is 9.16. The van der Waals surface area contributed by atoms with Gasteiger partial charge in [0.05, 0.1) is 0 Å². The van der Waals surface area contributed by atoms with Gasteiger partial charge in [0, 0.05) is 42.5 Å². The number of nitrogens with two attached hydrogens (primary N) is 1. The molecule has 0 spiro atoms. The summed E-state index contributed by atoms with van der Waals surface area (Å²) >= 11 is 0. The van der Waals surface area contributed by atoms with Crippen LogP contribution in [0.25, 0.3) is 0 Å². The maximum absolute atomic E-state index is 5.77. The maximum Gasteiger partial charge on any atom is 0.0416 e. The second-order valence-electron chi connectivity index (χ2n) is 6.31. The molecule has 0 bridgehead atoms. The summed E-state index contributed by atoms with van der Waals surface area (Å²) in [6.45, 7) is 6.56. The van der Waals surface area contributed by atoms with E-state index >= 15 is 0 Å². The first-order valence-corrected chi connectivity index (χ1v) is 7.42. The quantitative estimate of drug-likeness (QED) is 0.828. The zero-order valence-corrected chi connectivity index (χ0v) is 13.2. The van der Waals surface area contributed by atoms with Gasteiger partial charge in [-0.2, -0.15) is 0 Å². The first-order valence-electron chi connectivity index (χ1n) is 7.42. The number of anilines is 1. The second-order valence-corrected chi connectivity index (χ2v) is 6.31. The molecule has 0 saturated carbocycles. The lowest BCUT2D eigenvalue weighted by molar-refractivity contribution is 0.270. The van der Waals surface area contributed by atoms with Gasteiger partial charge in [0.25, 0.3) is 0 Å². The Hall–Kier alpha value is -1.87. The molecule has 3 nitrogen and oxygen atoms in total. The summed E-state index contributed by atoms with van der Waals surface area (Å²) in [5, 5.41) is 0. The lowest BCUT2D eigenvalue weighted by Crippen LogP contribution is -2.35.